The molecule has 0 aromatic heterocycles. The molecule has 0 aliphatic carbocycles. The molecule has 1 aromatic rings. The van der Waals surface area contributed by atoms with Gasteiger partial charge in [-0.1, -0.05) is 38.9 Å². The Hall–Kier alpha value is -1.09. The Kier molecular flexibility index (Phi) is 6.73. The first-order chi connectivity index (χ1) is 8.69. The van der Waals surface area contributed by atoms with Gasteiger partial charge >= 0.3 is 0 Å². The molecule has 0 aliphatic rings. The van der Waals surface area contributed by atoms with E-state index >= 15 is 0 Å². The van der Waals surface area contributed by atoms with Crippen LogP contribution in [0.4, 0.5) is 5.69 Å². The number of rotatable bonds is 8. The van der Waals surface area contributed by atoms with Crippen molar-refractivity contribution in [2.75, 3.05) is 18.0 Å². The summed E-state index contributed by atoms with van der Waals surface area (Å²) in [4.78, 5) is 2.92. The lowest BCUT2D eigenvalue weighted by Gasteiger charge is -2.24. The molecule has 3 heteroatoms. The zero-order valence-corrected chi connectivity index (χ0v) is 12.3. The molecule has 100 valence electrons. The van der Waals surface area contributed by atoms with Crippen molar-refractivity contribution < 1.29 is 0 Å². The smallest absolute Gasteiger partial charge is 0.103 e. The van der Waals surface area contributed by atoms with Crippen molar-refractivity contribution in [3.05, 3.63) is 29.8 Å². The minimum atomic E-state index is 0.468. The van der Waals surface area contributed by atoms with Gasteiger partial charge in [0.25, 0.3) is 0 Å². The van der Waals surface area contributed by atoms with Crippen molar-refractivity contribution in [2.45, 2.75) is 39.5 Å². The SMILES string of the molecule is CCCCN(CCCC)c1ccc(C(N)=S)cc1. The fourth-order valence-electron chi connectivity index (χ4n) is 1.90. The van der Waals surface area contributed by atoms with Crippen LogP contribution in [0.3, 0.4) is 0 Å². The van der Waals surface area contributed by atoms with Crippen molar-refractivity contribution in [3.63, 3.8) is 0 Å². The molecule has 1 rings (SSSR count). The number of benzene rings is 1. The summed E-state index contributed by atoms with van der Waals surface area (Å²) in [6, 6.07) is 8.28. The van der Waals surface area contributed by atoms with Crippen LogP contribution in [0, 0.1) is 0 Å². The van der Waals surface area contributed by atoms with Gasteiger partial charge in [0.05, 0.1) is 0 Å². The van der Waals surface area contributed by atoms with Gasteiger partial charge in [-0.15, -0.1) is 0 Å². The van der Waals surface area contributed by atoms with Crippen LogP contribution in [0.5, 0.6) is 0 Å². The zero-order valence-electron chi connectivity index (χ0n) is 11.5. The molecule has 0 bridgehead atoms. The first-order valence-corrected chi connectivity index (χ1v) is 7.24. The molecule has 0 atom stereocenters. The molecule has 0 amide bonds. The zero-order chi connectivity index (χ0) is 13.4. The minimum Gasteiger partial charge on any atom is -0.389 e. The number of anilines is 1. The quantitative estimate of drug-likeness (QED) is 0.725. The average Bonchev–Trinajstić information content (AvgIpc) is 2.39. The number of hydrogen-bond donors (Lipinski definition) is 1. The maximum absolute atomic E-state index is 5.62. The molecule has 1 aromatic carbocycles. The fraction of sp³-hybridized carbons (Fsp3) is 0.533. The highest BCUT2D eigenvalue weighted by atomic mass is 32.1. The Morgan fingerprint density at radius 2 is 1.56 bits per heavy atom. The summed E-state index contributed by atoms with van der Waals surface area (Å²) >= 11 is 4.98. The maximum atomic E-state index is 5.62. The maximum Gasteiger partial charge on any atom is 0.103 e. The second-order valence-electron chi connectivity index (χ2n) is 4.61. The molecule has 18 heavy (non-hydrogen) atoms. The van der Waals surface area contributed by atoms with Crippen LogP contribution < -0.4 is 10.6 Å². The summed E-state index contributed by atoms with van der Waals surface area (Å²) in [5.74, 6) is 0. The van der Waals surface area contributed by atoms with E-state index in [0.717, 1.165) is 18.7 Å². The molecule has 0 saturated carbocycles. The highest BCUT2D eigenvalue weighted by Gasteiger charge is 2.05. The fourth-order valence-corrected chi connectivity index (χ4v) is 2.04. The van der Waals surface area contributed by atoms with E-state index in [2.05, 4.69) is 30.9 Å². The standard InChI is InChI=1S/C15H24N2S/c1-3-5-11-17(12-6-4-2)14-9-7-13(8-10-14)15(16)18/h7-10H,3-6,11-12H2,1-2H3,(H2,16,18). The summed E-state index contributed by atoms with van der Waals surface area (Å²) in [6.45, 7) is 6.72. The first kappa shape index (κ1) is 15.0. The summed E-state index contributed by atoms with van der Waals surface area (Å²) in [6.07, 6.45) is 4.93. The third-order valence-corrected chi connectivity index (χ3v) is 3.32. The van der Waals surface area contributed by atoms with E-state index in [9.17, 15) is 0 Å². The molecule has 0 spiro atoms. The number of hydrogen-bond acceptors (Lipinski definition) is 2. The first-order valence-electron chi connectivity index (χ1n) is 6.83. The molecular formula is C15H24N2S. The van der Waals surface area contributed by atoms with Crippen LogP contribution in [0.2, 0.25) is 0 Å². The van der Waals surface area contributed by atoms with Crippen molar-refractivity contribution in [1.82, 2.24) is 0 Å². The lowest BCUT2D eigenvalue weighted by molar-refractivity contribution is 0.678. The topological polar surface area (TPSA) is 29.3 Å². The van der Waals surface area contributed by atoms with Crippen molar-refractivity contribution in [2.24, 2.45) is 5.73 Å². The van der Waals surface area contributed by atoms with E-state index in [-0.39, 0.29) is 0 Å². The van der Waals surface area contributed by atoms with Crippen LogP contribution in [-0.4, -0.2) is 18.1 Å². The lowest BCUT2D eigenvalue weighted by Crippen LogP contribution is -2.25. The van der Waals surface area contributed by atoms with Crippen molar-refractivity contribution in [3.8, 4) is 0 Å². The average molecular weight is 264 g/mol. The Morgan fingerprint density at radius 3 is 1.94 bits per heavy atom. The van der Waals surface area contributed by atoms with E-state index in [0.29, 0.717) is 4.99 Å². The summed E-state index contributed by atoms with van der Waals surface area (Å²) in [5.41, 5.74) is 7.84. The van der Waals surface area contributed by atoms with Gasteiger partial charge in [0.1, 0.15) is 4.99 Å². The predicted octanol–water partition coefficient (Wildman–Crippen LogP) is 3.73. The molecule has 0 fully saturated rings. The van der Waals surface area contributed by atoms with E-state index in [1.807, 2.05) is 12.1 Å². The third-order valence-electron chi connectivity index (χ3n) is 3.08. The molecule has 2 nitrogen and oxygen atoms in total. The largest absolute Gasteiger partial charge is 0.389 e. The van der Waals surface area contributed by atoms with Gasteiger partial charge in [-0.3, -0.25) is 0 Å². The lowest BCUT2D eigenvalue weighted by atomic mass is 10.1. The number of unbranched alkanes of at least 4 members (excludes halogenated alkanes) is 2. The molecule has 0 saturated heterocycles. The highest BCUT2D eigenvalue weighted by molar-refractivity contribution is 7.80. The van der Waals surface area contributed by atoms with Crippen LogP contribution >= 0.6 is 12.2 Å². The highest BCUT2D eigenvalue weighted by Crippen LogP contribution is 2.17. The number of nitrogens with zero attached hydrogens (tertiary/aromatic N) is 1. The predicted molar refractivity (Wildman–Crippen MR) is 84.4 cm³/mol. The third kappa shape index (κ3) is 4.65. The van der Waals surface area contributed by atoms with Gasteiger partial charge in [-0.2, -0.15) is 0 Å². The normalized spacial score (nSPS) is 10.3. The van der Waals surface area contributed by atoms with Crippen LogP contribution in [0.15, 0.2) is 24.3 Å². The minimum absolute atomic E-state index is 0.468. The van der Waals surface area contributed by atoms with Crippen LogP contribution in [-0.2, 0) is 0 Å². The molecular weight excluding hydrogens is 240 g/mol. The molecule has 0 heterocycles. The Balaban J connectivity index is 2.73. The van der Waals surface area contributed by atoms with Gasteiger partial charge in [0.2, 0.25) is 0 Å². The Morgan fingerprint density at radius 1 is 1.06 bits per heavy atom. The summed E-state index contributed by atoms with van der Waals surface area (Å²) in [5, 5.41) is 0. The van der Waals surface area contributed by atoms with E-state index in [1.165, 1.54) is 31.4 Å². The molecule has 0 radical (unpaired) electrons. The Bertz CT molecular complexity index is 351. The molecule has 0 unspecified atom stereocenters. The molecule has 0 aliphatic heterocycles. The van der Waals surface area contributed by atoms with E-state index in [1.54, 1.807) is 0 Å². The van der Waals surface area contributed by atoms with E-state index in [4.69, 9.17) is 18.0 Å². The monoisotopic (exact) mass is 264 g/mol. The second-order valence-corrected chi connectivity index (χ2v) is 5.05. The van der Waals surface area contributed by atoms with Gasteiger partial charge in [-0.25, -0.2) is 0 Å². The van der Waals surface area contributed by atoms with Crippen molar-refractivity contribution >= 4 is 22.9 Å². The van der Waals surface area contributed by atoms with Crippen molar-refractivity contribution in [1.29, 1.82) is 0 Å². The van der Waals surface area contributed by atoms with Gasteiger partial charge < -0.3 is 10.6 Å². The number of thiocarbonyl (C=S) groups is 1. The second kappa shape index (κ2) is 8.09. The van der Waals surface area contributed by atoms with E-state index < -0.39 is 0 Å². The Labute approximate surface area is 116 Å². The number of nitrogens with two attached hydrogens (primary N) is 1. The van der Waals surface area contributed by atoms with Gasteiger partial charge in [0, 0.05) is 24.3 Å². The van der Waals surface area contributed by atoms with Crippen LogP contribution in [0.1, 0.15) is 45.1 Å². The summed E-state index contributed by atoms with van der Waals surface area (Å²) in [7, 11) is 0. The van der Waals surface area contributed by atoms with Gasteiger partial charge in [0.15, 0.2) is 0 Å². The van der Waals surface area contributed by atoms with Gasteiger partial charge in [-0.05, 0) is 37.1 Å². The summed E-state index contributed by atoms with van der Waals surface area (Å²) < 4.78 is 0. The molecule has 2 N–H and O–H groups in total. The van der Waals surface area contributed by atoms with Crippen LogP contribution in [0.25, 0.3) is 0 Å².